The molecule has 1 aromatic rings. The Hall–Kier alpha value is -1.85. The molecule has 0 saturated heterocycles. The van der Waals surface area contributed by atoms with Crippen LogP contribution >= 0.6 is 0 Å². The van der Waals surface area contributed by atoms with Crippen LogP contribution in [0.15, 0.2) is 12.5 Å². The van der Waals surface area contributed by atoms with Gasteiger partial charge in [-0.15, -0.1) is 0 Å². The van der Waals surface area contributed by atoms with E-state index in [-0.39, 0.29) is 23.8 Å². The third-order valence-corrected chi connectivity index (χ3v) is 4.20. The second kappa shape index (κ2) is 5.50. The number of carbonyl (C=O) groups excluding carboxylic acids is 2. The van der Waals surface area contributed by atoms with Gasteiger partial charge in [0.2, 0.25) is 11.8 Å². The maximum atomic E-state index is 12.4. The van der Waals surface area contributed by atoms with Crippen molar-refractivity contribution in [2.24, 2.45) is 11.8 Å². The van der Waals surface area contributed by atoms with Crippen LogP contribution in [-0.4, -0.2) is 39.4 Å². The van der Waals surface area contributed by atoms with E-state index < -0.39 is 0 Å². The summed E-state index contributed by atoms with van der Waals surface area (Å²) in [6.07, 6.45) is 5.84. The molecule has 2 heterocycles. The molecule has 1 saturated carbocycles. The second-order valence-electron chi connectivity index (χ2n) is 6.37. The Morgan fingerprint density at radius 2 is 2.19 bits per heavy atom. The molecule has 3 rings (SSSR count). The topological polar surface area (TPSA) is 67.2 Å². The average molecular weight is 290 g/mol. The number of rotatable bonds is 4. The van der Waals surface area contributed by atoms with Crippen LogP contribution in [0.1, 0.15) is 38.4 Å². The summed E-state index contributed by atoms with van der Waals surface area (Å²) in [5.74, 6) is 0.660. The van der Waals surface area contributed by atoms with Gasteiger partial charge in [0.1, 0.15) is 6.04 Å². The lowest BCUT2D eigenvalue weighted by atomic mass is 10.1. The largest absolute Gasteiger partial charge is 0.354 e. The van der Waals surface area contributed by atoms with Crippen molar-refractivity contribution in [3.63, 3.8) is 0 Å². The summed E-state index contributed by atoms with van der Waals surface area (Å²) in [6.45, 7) is 5.48. The van der Waals surface area contributed by atoms with Gasteiger partial charge in [-0.1, -0.05) is 13.8 Å². The van der Waals surface area contributed by atoms with Gasteiger partial charge in [0, 0.05) is 18.7 Å². The molecule has 1 aromatic heterocycles. The van der Waals surface area contributed by atoms with Crippen LogP contribution in [0, 0.1) is 11.8 Å². The Kier molecular flexibility index (Phi) is 3.69. The van der Waals surface area contributed by atoms with Gasteiger partial charge in [0.25, 0.3) is 0 Å². The van der Waals surface area contributed by atoms with E-state index in [9.17, 15) is 9.59 Å². The molecule has 21 heavy (non-hydrogen) atoms. The van der Waals surface area contributed by atoms with Crippen LogP contribution in [0.5, 0.6) is 0 Å². The van der Waals surface area contributed by atoms with Crippen LogP contribution in [0.25, 0.3) is 0 Å². The SMILES string of the molecule is CC(C)C(=O)N1Cc2cncn2[C@H](C(=O)NCC2CC2)C1. The van der Waals surface area contributed by atoms with E-state index >= 15 is 0 Å². The van der Waals surface area contributed by atoms with Crippen molar-refractivity contribution in [1.29, 1.82) is 0 Å². The molecule has 0 bridgehead atoms. The van der Waals surface area contributed by atoms with E-state index in [1.165, 1.54) is 12.8 Å². The zero-order valence-corrected chi connectivity index (χ0v) is 12.6. The van der Waals surface area contributed by atoms with E-state index in [1.807, 2.05) is 18.4 Å². The Labute approximate surface area is 124 Å². The Morgan fingerprint density at radius 1 is 1.43 bits per heavy atom. The van der Waals surface area contributed by atoms with Crippen LogP contribution in [0.3, 0.4) is 0 Å². The summed E-state index contributed by atoms with van der Waals surface area (Å²) < 4.78 is 1.90. The molecule has 0 aromatic carbocycles. The maximum absolute atomic E-state index is 12.4. The highest BCUT2D eigenvalue weighted by Crippen LogP contribution is 2.28. The van der Waals surface area contributed by atoms with Crippen LogP contribution in [0.4, 0.5) is 0 Å². The number of imidazole rings is 1. The normalized spacial score (nSPS) is 21.3. The monoisotopic (exact) mass is 290 g/mol. The lowest BCUT2D eigenvalue weighted by Gasteiger charge is -2.34. The van der Waals surface area contributed by atoms with Gasteiger partial charge in [0.15, 0.2) is 0 Å². The second-order valence-corrected chi connectivity index (χ2v) is 6.37. The lowest BCUT2D eigenvalue weighted by Crippen LogP contribution is -2.47. The van der Waals surface area contributed by atoms with Crippen molar-refractivity contribution in [3.05, 3.63) is 18.2 Å². The van der Waals surface area contributed by atoms with Gasteiger partial charge in [-0.25, -0.2) is 4.98 Å². The standard InChI is InChI=1S/C15H22N4O2/c1-10(2)15(21)18-7-12-6-16-9-19(12)13(8-18)14(20)17-5-11-3-4-11/h6,9-11,13H,3-5,7-8H2,1-2H3,(H,17,20)/t13-/m0/s1. The highest BCUT2D eigenvalue weighted by molar-refractivity contribution is 5.83. The van der Waals surface area contributed by atoms with Gasteiger partial charge in [-0.3, -0.25) is 9.59 Å². The van der Waals surface area contributed by atoms with E-state index in [1.54, 1.807) is 17.4 Å². The van der Waals surface area contributed by atoms with Crippen molar-refractivity contribution < 1.29 is 9.59 Å². The predicted molar refractivity (Wildman–Crippen MR) is 77.3 cm³/mol. The minimum atomic E-state index is -0.363. The highest BCUT2D eigenvalue weighted by atomic mass is 16.2. The number of fused-ring (bicyclic) bond motifs is 1. The van der Waals surface area contributed by atoms with E-state index in [4.69, 9.17) is 0 Å². The summed E-state index contributed by atoms with van der Waals surface area (Å²) in [6, 6.07) is -0.363. The first-order valence-corrected chi connectivity index (χ1v) is 7.63. The van der Waals surface area contributed by atoms with Crippen molar-refractivity contribution >= 4 is 11.8 Å². The number of nitrogens with one attached hydrogen (secondary N) is 1. The minimum Gasteiger partial charge on any atom is -0.354 e. The molecule has 1 fully saturated rings. The molecule has 6 nitrogen and oxygen atoms in total. The molecule has 0 unspecified atom stereocenters. The van der Waals surface area contributed by atoms with Crippen molar-refractivity contribution in [3.8, 4) is 0 Å². The van der Waals surface area contributed by atoms with Crippen LogP contribution in [-0.2, 0) is 16.1 Å². The zero-order chi connectivity index (χ0) is 15.0. The number of amides is 2. The van der Waals surface area contributed by atoms with Crippen molar-refractivity contribution in [1.82, 2.24) is 19.8 Å². The molecule has 1 atom stereocenters. The number of carbonyl (C=O) groups is 2. The van der Waals surface area contributed by atoms with Crippen LogP contribution in [0.2, 0.25) is 0 Å². The third kappa shape index (κ3) is 2.94. The fraction of sp³-hybridized carbons (Fsp3) is 0.667. The van der Waals surface area contributed by atoms with Crippen molar-refractivity contribution in [2.75, 3.05) is 13.1 Å². The predicted octanol–water partition coefficient (Wildman–Crippen LogP) is 0.949. The van der Waals surface area contributed by atoms with Gasteiger partial charge >= 0.3 is 0 Å². The Morgan fingerprint density at radius 3 is 2.86 bits per heavy atom. The minimum absolute atomic E-state index is 0.0117. The van der Waals surface area contributed by atoms with Gasteiger partial charge in [0.05, 0.1) is 25.1 Å². The van der Waals surface area contributed by atoms with E-state index in [2.05, 4.69) is 10.3 Å². The molecule has 1 aliphatic heterocycles. The first-order valence-electron chi connectivity index (χ1n) is 7.63. The molecule has 2 aliphatic rings. The molecule has 0 spiro atoms. The first kappa shape index (κ1) is 14.1. The summed E-state index contributed by atoms with van der Waals surface area (Å²) in [5, 5.41) is 3.01. The first-order chi connectivity index (χ1) is 10.1. The summed E-state index contributed by atoms with van der Waals surface area (Å²) in [4.78, 5) is 30.6. The van der Waals surface area contributed by atoms with E-state index in [0.29, 0.717) is 19.0 Å². The zero-order valence-electron chi connectivity index (χ0n) is 12.6. The smallest absolute Gasteiger partial charge is 0.244 e. The molecule has 6 heteroatoms. The fourth-order valence-electron chi connectivity index (χ4n) is 2.72. The number of hydrogen-bond acceptors (Lipinski definition) is 3. The average Bonchev–Trinajstić information content (AvgIpc) is 3.18. The third-order valence-electron chi connectivity index (χ3n) is 4.20. The maximum Gasteiger partial charge on any atom is 0.244 e. The molecule has 1 aliphatic carbocycles. The number of aromatic nitrogens is 2. The lowest BCUT2D eigenvalue weighted by molar-refractivity contribution is -0.138. The van der Waals surface area contributed by atoms with Crippen LogP contribution < -0.4 is 5.32 Å². The summed E-state index contributed by atoms with van der Waals surface area (Å²) in [7, 11) is 0. The summed E-state index contributed by atoms with van der Waals surface area (Å²) in [5.41, 5.74) is 0.918. The Balaban J connectivity index is 1.75. The van der Waals surface area contributed by atoms with Gasteiger partial charge in [-0.05, 0) is 18.8 Å². The summed E-state index contributed by atoms with van der Waals surface area (Å²) >= 11 is 0. The van der Waals surface area contributed by atoms with Crippen molar-refractivity contribution in [2.45, 2.75) is 39.3 Å². The van der Waals surface area contributed by atoms with Gasteiger partial charge < -0.3 is 14.8 Å². The molecule has 114 valence electrons. The molecule has 1 N–H and O–H groups in total. The molecular formula is C15H22N4O2. The number of nitrogens with zero attached hydrogens (tertiary/aromatic N) is 3. The van der Waals surface area contributed by atoms with Gasteiger partial charge in [-0.2, -0.15) is 0 Å². The molecular weight excluding hydrogens is 268 g/mol. The quantitative estimate of drug-likeness (QED) is 0.897. The Bertz CT molecular complexity index is 548. The molecule has 0 radical (unpaired) electrons. The number of hydrogen-bond donors (Lipinski definition) is 1. The van der Waals surface area contributed by atoms with E-state index in [0.717, 1.165) is 12.2 Å². The fourth-order valence-corrected chi connectivity index (χ4v) is 2.72. The molecule has 2 amide bonds. The highest BCUT2D eigenvalue weighted by Gasteiger charge is 2.33.